The van der Waals surface area contributed by atoms with Gasteiger partial charge in [-0.2, -0.15) is 5.10 Å². The molecule has 1 aromatic heterocycles. The van der Waals surface area contributed by atoms with Crippen molar-refractivity contribution in [1.82, 2.24) is 15.1 Å². The second-order valence-corrected chi connectivity index (χ2v) is 4.67. The number of aromatic nitrogens is 2. The summed E-state index contributed by atoms with van der Waals surface area (Å²) >= 11 is 0. The maximum Gasteiger partial charge on any atom is 0.326 e. The number of likely N-dealkylation sites (tertiary alicyclic amines) is 1. The van der Waals surface area contributed by atoms with Gasteiger partial charge in [-0.1, -0.05) is 0 Å². The van der Waals surface area contributed by atoms with Gasteiger partial charge in [0.15, 0.2) is 0 Å². The molecule has 98 valence electrons. The summed E-state index contributed by atoms with van der Waals surface area (Å²) in [5.74, 6) is -1.05. The van der Waals surface area contributed by atoms with Crippen molar-refractivity contribution in [2.24, 2.45) is 0 Å². The molecule has 0 spiro atoms. The largest absolute Gasteiger partial charge is 0.480 e. The Morgan fingerprint density at radius 1 is 1.50 bits per heavy atom. The molecule has 0 bridgehead atoms. The number of amides is 1. The fourth-order valence-corrected chi connectivity index (χ4v) is 2.41. The molecule has 0 aliphatic carbocycles. The molecule has 6 nitrogen and oxygen atoms in total. The van der Waals surface area contributed by atoms with Crippen LogP contribution < -0.4 is 0 Å². The van der Waals surface area contributed by atoms with Crippen LogP contribution in [0.5, 0.6) is 0 Å². The van der Waals surface area contributed by atoms with E-state index in [0.717, 1.165) is 23.4 Å². The van der Waals surface area contributed by atoms with Crippen LogP contribution in [-0.2, 0) is 16.0 Å². The zero-order valence-electron chi connectivity index (χ0n) is 10.6. The number of carboxylic acids is 1. The number of hydrogen-bond acceptors (Lipinski definition) is 3. The second kappa shape index (κ2) is 4.80. The van der Waals surface area contributed by atoms with E-state index in [1.54, 1.807) is 0 Å². The van der Waals surface area contributed by atoms with Crippen molar-refractivity contribution < 1.29 is 14.7 Å². The summed E-state index contributed by atoms with van der Waals surface area (Å²) in [5, 5.41) is 15.9. The van der Waals surface area contributed by atoms with Crippen molar-refractivity contribution in [3.8, 4) is 0 Å². The average Bonchev–Trinajstić information content (AvgIpc) is 2.90. The van der Waals surface area contributed by atoms with Crippen molar-refractivity contribution in [1.29, 1.82) is 0 Å². The van der Waals surface area contributed by atoms with Crippen molar-refractivity contribution in [3.63, 3.8) is 0 Å². The average molecular weight is 251 g/mol. The maximum atomic E-state index is 12.2. The fourth-order valence-electron chi connectivity index (χ4n) is 2.41. The lowest BCUT2D eigenvalue weighted by molar-refractivity contribution is -0.148. The van der Waals surface area contributed by atoms with Crippen LogP contribution in [-0.4, -0.2) is 44.7 Å². The van der Waals surface area contributed by atoms with Crippen LogP contribution in [0.3, 0.4) is 0 Å². The lowest BCUT2D eigenvalue weighted by atomic mass is 10.1. The number of aliphatic carboxylic acids is 1. The predicted molar refractivity (Wildman–Crippen MR) is 64.1 cm³/mol. The van der Waals surface area contributed by atoms with E-state index in [1.165, 1.54) is 4.90 Å². The minimum absolute atomic E-state index is 0.132. The molecule has 1 saturated heterocycles. The third-order valence-corrected chi connectivity index (χ3v) is 3.47. The Kier molecular flexibility index (Phi) is 3.36. The summed E-state index contributed by atoms with van der Waals surface area (Å²) < 4.78 is 0. The summed E-state index contributed by atoms with van der Waals surface area (Å²) in [6, 6.07) is -0.662. The standard InChI is InChI=1S/C12H17N3O3/c1-7-9(8(2)14-13-7)6-11(16)15-5-3-4-10(15)12(17)18/h10H,3-6H2,1-2H3,(H,13,14)(H,17,18)/t10-/m0/s1. The Morgan fingerprint density at radius 3 is 2.78 bits per heavy atom. The highest BCUT2D eigenvalue weighted by atomic mass is 16.4. The van der Waals surface area contributed by atoms with Gasteiger partial charge >= 0.3 is 5.97 Å². The van der Waals surface area contributed by atoms with Crippen LogP contribution in [0.2, 0.25) is 0 Å². The first-order valence-corrected chi connectivity index (χ1v) is 6.03. The summed E-state index contributed by atoms with van der Waals surface area (Å²) in [7, 11) is 0. The molecule has 0 radical (unpaired) electrons. The number of nitrogens with zero attached hydrogens (tertiary/aromatic N) is 2. The summed E-state index contributed by atoms with van der Waals surface area (Å²) in [4.78, 5) is 24.7. The quantitative estimate of drug-likeness (QED) is 0.825. The van der Waals surface area contributed by atoms with E-state index in [0.29, 0.717) is 13.0 Å². The SMILES string of the molecule is Cc1n[nH]c(C)c1CC(=O)N1CCC[C@H]1C(=O)O. The minimum atomic E-state index is -0.915. The van der Waals surface area contributed by atoms with E-state index in [9.17, 15) is 9.59 Å². The summed E-state index contributed by atoms with van der Waals surface area (Å²) in [6.07, 6.45) is 1.52. The van der Waals surface area contributed by atoms with Crippen molar-refractivity contribution in [2.75, 3.05) is 6.54 Å². The van der Waals surface area contributed by atoms with Gasteiger partial charge in [-0.05, 0) is 26.7 Å². The van der Waals surface area contributed by atoms with E-state index < -0.39 is 12.0 Å². The Hall–Kier alpha value is -1.85. The molecule has 1 aliphatic rings. The van der Waals surface area contributed by atoms with Gasteiger partial charge in [-0.3, -0.25) is 9.89 Å². The van der Waals surface area contributed by atoms with E-state index in [1.807, 2.05) is 13.8 Å². The number of hydrogen-bond donors (Lipinski definition) is 2. The monoisotopic (exact) mass is 251 g/mol. The molecule has 1 aromatic rings. The first-order chi connectivity index (χ1) is 8.50. The van der Waals surface area contributed by atoms with E-state index in [-0.39, 0.29) is 12.3 Å². The Bertz CT molecular complexity index is 461. The first-order valence-electron chi connectivity index (χ1n) is 6.03. The van der Waals surface area contributed by atoms with Crippen molar-refractivity contribution in [2.45, 2.75) is 39.2 Å². The molecule has 0 unspecified atom stereocenters. The maximum absolute atomic E-state index is 12.2. The minimum Gasteiger partial charge on any atom is -0.480 e. The summed E-state index contributed by atoms with van der Waals surface area (Å²) in [5.41, 5.74) is 2.54. The number of aromatic amines is 1. The van der Waals surface area contributed by atoms with Crippen LogP contribution in [0.25, 0.3) is 0 Å². The molecule has 1 fully saturated rings. The number of carbonyl (C=O) groups is 2. The molecule has 6 heteroatoms. The van der Waals surface area contributed by atoms with E-state index in [4.69, 9.17) is 5.11 Å². The Morgan fingerprint density at radius 2 is 2.22 bits per heavy atom. The third-order valence-electron chi connectivity index (χ3n) is 3.47. The number of H-pyrrole nitrogens is 1. The highest BCUT2D eigenvalue weighted by Gasteiger charge is 2.34. The molecule has 2 N–H and O–H groups in total. The molecular formula is C12H17N3O3. The van der Waals surface area contributed by atoms with Gasteiger partial charge < -0.3 is 10.0 Å². The number of carboxylic acid groups (broad SMARTS) is 1. The predicted octanol–water partition coefficient (Wildman–Crippen LogP) is 0.645. The molecule has 2 rings (SSSR count). The zero-order chi connectivity index (χ0) is 13.3. The van der Waals surface area contributed by atoms with Gasteiger partial charge in [0.2, 0.25) is 5.91 Å². The van der Waals surface area contributed by atoms with Gasteiger partial charge in [0.25, 0.3) is 0 Å². The van der Waals surface area contributed by atoms with Crippen LogP contribution >= 0.6 is 0 Å². The van der Waals surface area contributed by atoms with Gasteiger partial charge in [0, 0.05) is 17.8 Å². The zero-order valence-corrected chi connectivity index (χ0v) is 10.6. The van der Waals surface area contributed by atoms with Crippen LogP contribution in [0.4, 0.5) is 0 Å². The number of rotatable bonds is 3. The number of nitrogens with one attached hydrogen (secondary N) is 1. The van der Waals surface area contributed by atoms with Crippen molar-refractivity contribution >= 4 is 11.9 Å². The highest BCUT2D eigenvalue weighted by Crippen LogP contribution is 2.20. The normalized spacial score (nSPS) is 19.2. The van der Waals surface area contributed by atoms with Gasteiger partial charge in [0.05, 0.1) is 12.1 Å². The number of carbonyl (C=O) groups excluding carboxylic acids is 1. The Balaban J connectivity index is 2.11. The molecule has 2 heterocycles. The van der Waals surface area contributed by atoms with E-state index >= 15 is 0 Å². The highest BCUT2D eigenvalue weighted by molar-refractivity contribution is 5.85. The molecule has 1 aliphatic heterocycles. The lowest BCUT2D eigenvalue weighted by Crippen LogP contribution is -2.41. The molecule has 0 saturated carbocycles. The van der Waals surface area contributed by atoms with E-state index in [2.05, 4.69) is 10.2 Å². The van der Waals surface area contributed by atoms with Crippen LogP contribution in [0.1, 0.15) is 29.8 Å². The smallest absolute Gasteiger partial charge is 0.326 e. The van der Waals surface area contributed by atoms with Gasteiger partial charge in [-0.25, -0.2) is 4.79 Å². The van der Waals surface area contributed by atoms with Crippen LogP contribution in [0, 0.1) is 13.8 Å². The van der Waals surface area contributed by atoms with Crippen LogP contribution in [0.15, 0.2) is 0 Å². The van der Waals surface area contributed by atoms with Gasteiger partial charge in [0.1, 0.15) is 6.04 Å². The topological polar surface area (TPSA) is 86.3 Å². The molecular weight excluding hydrogens is 234 g/mol. The Labute approximate surface area is 105 Å². The fraction of sp³-hybridized carbons (Fsp3) is 0.583. The first kappa shape index (κ1) is 12.6. The molecule has 1 atom stereocenters. The molecule has 0 aromatic carbocycles. The molecule has 18 heavy (non-hydrogen) atoms. The van der Waals surface area contributed by atoms with Gasteiger partial charge in [-0.15, -0.1) is 0 Å². The molecule has 1 amide bonds. The number of aryl methyl sites for hydroxylation is 2. The lowest BCUT2D eigenvalue weighted by Gasteiger charge is -2.21. The van der Waals surface area contributed by atoms with Crippen molar-refractivity contribution in [3.05, 3.63) is 17.0 Å². The second-order valence-electron chi connectivity index (χ2n) is 4.67. The third kappa shape index (κ3) is 2.23. The summed E-state index contributed by atoms with van der Waals surface area (Å²) in [6.45, 7) is 4.23.